The maximum absolute atomic E-state index is 13.6. The summed E-state index contributed by atoms with van der Waals surface area (Å²) in [6, 6.07) is 20.1. The van der Waals surface area contributed by atoms with Crippen molar-refractivity contribution in [2.45, 2.75) is 27.3 Å². The van der Waals surface area contributed by atoms with Crippen LogP contribution in [0.5, 0.6) is 0 Å². The third-order valence-corrected chi connectivity index (χ3v) is 5.99. The molecule has 0 radical (unpaired) electrons. The zero-order valence-electron chi connectivity index (χ0n) is 20.7. The van der Waals surface area contributed by atoms with E-state index in [4.69, 9.17) is 4.74 Å². The summed E-state index contributed by atoms with van der Waals surface area (Å²) >= 11 is 0. The van der Waals surface area contributed by atoms with E-state index < -0.39 is 11.9 Å². The van der Waals surface area contributed by atoms with Crippen LogP contribution in [0.15, 0.2) is 71.5 Å². The lowest BCUT2D eigenvalue weighted by molar-refractivity contribution is 0.0526. The molecule has 0 aliphatic rings. The number of amides is 1. The van der Waals surface area contributed by atoms with Crippen LogP contribution in [0.25, 0.3) is 16.7 Å². The van der Waals surface area contributed by atoms with Gasteiger partial charge in [-0.15, -0.1) is 5.10 Å². The monoisotopic (exact) mass is 495 g/mol. The van der Waals surface area contributed by atoms with Crippen molar-refractivity contribution in [2.75, 3.05) is 11.9 Å². The van der Waals surface area contributed by atoms with Gasteiger partial charge in [-0.1, -0.05) is 42.0 Å². The number of aromatic nitrogens is 4. The number of aryl methyl sites for hydroxylation is 2. The molecule has 9 nitrogen and oxygen atoms in total. The summed E-state index contributed by atoms with van der Waals surface area (Å²) < 4.78 is 8.08. The van der Waals surface area contributed by atoms with Crippen LogP contribution < -0.4 is 10.9 Å². The van der Waals surface area contributed by atoms with Crippen molar-refractivity contribution in [2.24, 2.45) is 0 Å². The van der Waals surface area contributed by atoms with Gasteiger partial charge in [-0.25, -0.2) is 9.31 Å². The van der Waals surface area contributed by atoms with Gasteiger partial charge in [0.05, 0.1) is 29.7 Å². The van der Waals surface area contributed by atoms with E-state index in [0.717, 1.165) is 16.7 Å². The van der Waals surface area contributed by atoms with Gasteiger partial charge in [-0.05, 0) is 62.2 Å². The molecule has 37 heavy (non-hydrogen) atoms. The minimum atomic E-state index is -0.602. The molecule has 186 valence electrons. The molecular weight excluding hydrogens is 470 g/mol. The lowest BCUT2D eigenvalue weighted by Crippen LogP contribution is -2.24. The highest BCUT2D eigenvalue weighted by molar-refractivity contribution is 6.02. The van der Waals surface area contributed by atoms with Crippen LogP contribution in [0.1, 0.15) is 44.6 Å². The second kappa shape index (κ2) is 9.69. The number of carbonyl (C=O) groups excluding carboxylic acids is 2. The van der Waals surface area contributed by atoms with Crippen LogP contribution in [-0.4, -0.2) is 37.6 Å². The summed E-state index contributed by atoms with van der Waals surface area (Å²) in [5.74, 6) is -1.25. The predicted octanol–water partition coefficient (Wildman–Crippen LogP) is 4.14. The summed E-state index contributed by atoms with van der Waals surface area (Å²) in [6.07, 6.45) is 0. The van der Waals surface area contributed by atoms with Gasteiger partial charge in [-0.3, -0.25) is 14.2 Å². The van der Waals surface area contributed by atoms with Gasteiger partial charge >= 0.3 is 5.97 Å². The Balaban J connectivity index is 1.55. The number of ether oxygens (including phenoxy) is 1. The fourth-order valence-corrected chi connectivity index (χ4v) is 4.13. The Bertz CT molecular complexity index is 1720. The van der Waals surface area contributed by atoms with E-state index in [1.54, 1.807) is 29.7 Å². The average Bonchev–Trinajstić information content (AvgIpc) is 3.34. The highest BCUT2D eigenvalue weighted by atomic mass is 16.5. The molecule has 0 saturated heterocycles. The number of rotatable bonds is 6. The highest BCUT2D eigenvalue weighted by Gasteiger charge is 2.20. The van der Waals surface area contributed by atoms with E-state index in [-0.39, 0.29) is 23.6 Å². The SMILES string of the molecule is CCOC(=O)c1cccc(NC(=O)c2nc3c(=O)n(Cc4ccc(C)cc4)c4cc(C)ccc4n3n2)c1. The van der Waals surface area contributed by atoms with Crippen LogP contribution in [0, 0.1) is 13.8 Å². The predicted molar refractivity (Wildman–Crippen MR) is 140 cm³/mol. The van der Waals surface area contributed by atoms with E-state index in [1.165, 1.54) is 10.6 Å². The second-order valence-electron chi connectivity index (χ2n) is 8.80. The minimum Gasteiger partial charge on any atom is -0.462 e. The standard InChI is InChI=1S/C28H25N5O4/c1-4-37-28(36)20-6-5-7-21(15-20)29-26(34)24-30-25-27(35)32(16-19-11-8-17(2)9-12-19)23-14-18(3)10-13-22(23)33(25)31-24/h5-15H,4,16H2,1-3H3,(H,29,34). The van der Waals surface area contributed by atoms with Crippen molar-refractivity contribution < 1.29 is 14.3 Å². The topological polar surface area (TPSA) is 108 Å². The smallest absolute Gasteiger partial charge is 0.338 e. The lowest BCUT2D eigenvalue weighted by Gasteiger charge is -2.12. The first-order chi connectivity index (χ1) is 17.8. The van der Waals surface area contributed by atoms with Gasteiger partial charge in [0.25, 0.3) is 11.5 Å². The third-order valence-electron chi connectivity index (χ3n) is 5.99. The molecule has 2 heterocycles. The van der Waals surface area contributed by atoms with Crippen LogP contribution >= 0.6 is 0 Å². The molecule has 5 aromatic rings. The van der Waals surface area contributed by atoms with E-state index >= 15 is 0 Å². The number of anilines is 1. The molecule has 0 bridgehead atoms. The number of hydrogen-bond donors (Lipinski definition) is 1. The van der Waals surface area contributed by atoms with Gasteiger partial charge < -0.3 is 10.1 Å². The minimum absolute atomic E-state index is 0.0499. The number of benzene rings is 3. The molecule has 2 aromatic heterocycles. The first kappa shape index (κ1) is 23.9. The number of fused-ring (bicyclic) bond motifs is 3. The maximum atomic E-state index is 13.6. The second-order valence-corrected chi connectivity index (χ2v) is 8.80. The van der Waals surface area contributed by atoms with Crippen molar-refractivity contribution in [1.82, 2.24) is 19.2 Å². The van der Waals surface area contributed by atoms with Gasteiger partial charge in [0.2, 0.25) is 11.5 Å². The Kier molecular flexibility index (Phi) is 6.27. The van der Waals surface area contributed by atoms with Crippen molar-refractivity contribution in [3.8, 4) is 0 Å². The van der Waals surface area contributed by atoms with E-state index in [2.05, 4.69) is 15.4 Å². The highest BCUT2D eigenvalue weighted by Crippen LogP contribution is 2.18. The molecule has 5 rings (SSSR count). The van der Waals surface area contributed by atoms with Crippen molar-refractivity contribution in [3.05, 3.63) is 105 Å². The Labute approximate surface area is 212 Å². The largest absolute Gasteiger partial charge is 0.462 e. The number of esters is 1. The zero-order chi connectivity index (χ0) is 26.1. The first-order valence-corrected chi connectivity index (χ1v) is 11.9. The normalized spacial score (nSPS) is 11.1. The third kappa shape index (κ3) is 4.71. The van der Waals surface area contributed by atoms with Crippen molar-refractivity contribution in [3.63, 3.8) is 0 Å². The van der Waals surface area contributed by atoms with Crippen molar-refractivity contribution >= 4 is 34.2 Å². The van der Waals surface area contributed by atoms with Crippen LogP contribution in [0.2, 0.25) is 0 Å². The summed E-state index contributed by atoms with van der Waals surface area (Å²) in [4.78, 5) is 42.9. The fraction of sp³-hybridized carbons (Fsp3) is 0.179. The summed E-state index contributed by atoms with van der Waals surface area (Å²) in [5, 5.41) is 7.06. The number of nitrogens with zero attached hydrogens (tertiary/aromatic N) is 4. The van der Waals surface area contributed by atoms with E-state index in [0.29, 0.717) is 28.8 Å². The molecule has 0 aliphatic carbocycles. The Hall–Kier alpha value is -4.79. The quantitative estimate of drug-likeness (QED) is 0.355. The number of carbonyl (C=O) groups is 2. The van der Waals surface area contributed by atoms with E-state index in [1.807, 2.05) is 56.3 Å². The van der Waals surface area contributed by atoms with Gasteiger partial charge in [0, 0.05) is 5.69 Å². The fourth-order valence-electron chi connectivity index (χ4n) is 4.13. The Morgan fingerprint density at radius 1 is 0.946 bits per heavy atom. The molecule has 0 unspecified atom stereocenters. The van der Waals surface area contributed by atoms with Crippen LogP contribution in [0.3, 0.4) is 0 Å². The van der Waals surface area contributed by atoms with Crippen LogP contribution in [0.4, 0.5) is 5.69 Å². The summed E-state index contributed by atoms with van der Waals surface area (Å²) in [7, 11) is 0. The molecule has 0 spiro atoms. The molecule has 3 aromatic carbocycles. The first-order valence-electron chi connectivity index (χ1n) is 11.9. The molecule has 9 heteroatoms. The Morgan fingerprint density at radius 2 is 1.70 bits per heavy atom. The molecule has 0 saturated carbocycles. The Morgan fingerprint density at radius 3 is 2.46 bits per heavy atom. The van der Waals surface area contributed by atoms with Crippen LogP contribution in [-0.2, 0) is 11.3 Å². The van der Waals surface area contributed by atoms with E-state index in [9.17, 15) is 14.4 Å². The summed E-state index contributed by atoms with van der Waals surface area (Å²) in [5.41, 5.74) is 4.83. The van der Waals surface area contributed by atoms with Gasteiger partial charge in [0.1, 0.15) is 0 Å². The van der Waals surface area contributed by atoms with Gasteiger partial charge in [-0.2, -0.15) is 4.98 Å². The zero-order valence-corrected chi connectivity index (χ0v) is 20.7. The van der Waals surface area contributed by atoms with Crippen molar-refractivity contribution in [1.29, 1.82) is 0 Å². The van der Waals surface area contributed by atoms with Gasteiger partial charge in [0.15, 0.2) is 0 Å². The molecule has 0 fully saturated rings. The lowest BCUT2D eigenvalue weighted by atomic mass is 10.1. The number of nitrogens with one attached hydrogen (secondary N) is 1. The molecule has 1 amide bonds. The average molecular weight is 496 g/mol. The molecule has 1 N–H and O–H groups in total. The molecule has 0 atom stereocenters. The number of hydrogen-bond acceptors (Lipinski definition) is 6. The molecular formula is C28H25N5O4. The molecule has 0 aliphatic heterocycles. The maximum Gasteiger partial charge on any atom is 0.338 e. The summed E-state index contributed by atoms with van der Waals surface area (Å²) in [6.45, 7) is 6.28.